The average molecular weight is 262 g/mol. The first-order chi connectivity index (χ1) is 9.25. The highest BCUT2D eigenvalue weighted by Gasteiger charge is 2.23. The van der Waals surface area contributed by atoms with E-state index in [-0.39, 0.29) is 18.2 Å². The van der Waals surface area contributed by atoms with E-state index in [2.05, 4.69) is 10.6 Å². The molecule has 1 fully saturated rings. The summed E-state index contributed by atoms with van der Waals surface area (Å²) in [5.74, 6) is 0.493. The second-order valence-corrected chi connectivity index (χ2v) is 4.46. The Morgan fingerprint density at radius 3 is 2.89 bits per heavy atom. The van der Waals surface area contributed by atoms with Gasteiger partial charge < -0.3 is 15.4 Å². The molecule has 1 aliphatic heterocycles. The Bertz CT molecular complexity index is 434. The fourth-order valence-electron chi connectivity index (χ4n) is 1.95. The zero-order valence-electron chi connectivity index (χ0n) is 10.7. The monoisotopic (exact) mass is 262 g/mol. The maximum Gasteiger partial charge on any atom is 0.242 e. The van der Waals surface area contributed by atoms with Gasteiger partial charge in [0.15, 0.2) is 0 Å². The molecule has 102 valence electrons. The molecule has 0 bridgehead atoms. The fraction of sp³-hybridized carbons (Fsp3) is 0.429. The molecule has 1 unspecified atom stereocenters. The summed E-state index contributed by atoms with van der Waals surface area (Å²) in [6.45, 7) is 1.01. The highest BCUT2D eigenvalue weighted by atomic mass is 16.5. The SMILES string of the molecule is O=C(CCOc1ccccc1)NC1CCCNC1=O. The topological polar surface area (TPSA) is 67.4 Å². The van der Waals surface area contributed by atoms with Gasteiger partial charge in [0.1, 0.15) is 11.8 Å². The van der Waals surface area contributed by atoms with E-state index in [9.17, 15) is 9.59 Å². The maximum atomic E-state index is 11.7. The molecule has 0 aromatic heterocycles. The predicted molar refractivity (Wildman–Crippen MR) is 70.7 cm³/mol. The summed E-state index contributed by atoms with van der Waals surface area (Å²) in [5, 5.41) is 5.46. The number of carbonyl (C=O) groups excluding carboxylic acids is 2. The molecule has 5 heteroatoms. The van der Waals surface area contributed by atoms with Gasteiger partial charge >= 0.3 is 0 Å². The van der Waals surface area contributed by atoms with Gasteiger partial charge in [0.2, 0.25) is 11.8 Å². The molecule has 0 aliphatic carbocycles. The summed E-state index contributed by atoms with van der Waals surface area (Å²) in [6, 6.07) is 8.95. The summed E-state index contributed by atoms with van der Waals surface area (Å²) in [5.41, 5.74) is 0. The molecule has 1 saturated heterocycles. The first kappa shape index (κ1) is 13.4. The Hall–Kier alpha value is -2.04. The van der Waals surface area contributed by atoms with E-state index in [0.29, 0.717) is 19.6 Å². The summed E-state index contributed by atoms with van der Waals surface area (Å²) >= 11 is 0. The largest absolute Gasteiger partial charge is 0.493 e. The van der Waals surface area contributed by atoms with Crippen molar-refractivity contribution < 1.29 is 14.3 Å². The number of ether oxygens (including phenoxy) is 1. The molecule has 2 amide bonds. The smallest absolute Gasteiger partial charge is 0.242 e. The van der Waals surface area contributed by atoms with Gasteiger partial charge in [-0.05, 0) is 25.0 Å². The van der Waals surface area contributed by atoms with E-state index in [1.807, 2.05) is 30.3 Å². The van der Waals surface area contributed by atoms with Crippen molar-refractivity contribution >= 4 is 11.8 Å². The third-order valence-corrected chi connectivity index (χ3v) is 2.96. The van der Waals surface area contributed by atoms with Crippen LogP contribution in [0.3, 0.4) is 0 Å². The Morgan fingerprint density at radius 1 is 1.37 bits per heavy atom. The van der Waals surface area contributed by atoms with Gasteiger partial charge in [0.05, 0.1) is 13.0 Å². The van der Waals surface area contributed by atoms with Crippen LogP contribution in [0, 0.1) is 0 Å². The second kappa shape index (κ2) is 6.78. The van der Waals surface area contributed by atoms with Gasteiger partial charge in [0, 0.05) is 6.54 Å². The van der Waals surface area contributed by atoms with Crippen LogP contribution in [0.5, 0.6) is 5.75 Å². The lowest BCUT2D eigenvalue weighted by atomic mass is 10.1. The maximum absolute atomic E-state index is 11.7. The minimum absolute atomic E-state index is 0.0939. The van der Waals surface area contributed by atoms with Crippen LogP contribution < -0.4 is 15.4 Å². The molecule has 0 spiro atoms. The highest BCUT2D eigenvalue weighted by molar-refractivity contribution is 5.88. The Balaban J connectivity index is 1.68. The van der Waals surface area contributed by atoms with Crippen molar-refractivity contribution in [1.29, 1.82) is 0 Å². The van der Waals surface area contributed by atoms with E-state index >= 15 is 0 Å². The lowest BCUT2D eigenvalue weighted by Gasteiger charge is -2.22. The van der Waals surface area contributed by atoms with E-state index in [1.165, 1.54) is 0 Å². The third kappa shape index (κ3) is 4.28. The van der Waals surface area contributed by atoms with Crippen molar-refractivity contribution in [3.05, 3.63) is 30.3 Å². The first-order valence-corrected chi connectivity index (χ1v) is 6.50. The van der Waals surface area contributed by atoms with Crippen LogP contribution in [0.25, 0.3) is 0 Å². The van der Waals surface area contributed by atoms with E-state index in [4.69, 9.17) is 4.74 Å². The van der Waals surface area contributed by atoms with Crippen molar-refractivity contribution in [3.63, 3.8) is 0 Å². The number of carbonyl (C=O) groups is 2. The van der Waals surface area contributed by atoms with E-state index in [1.54, 1.807) is 0 Å². The minimum Gasteiger partial charge on any atom is -0.493 e. The van der Waals surface area contributed by atoms with Crippen molar-refractivity contribution in [1.82, 2.24) is 10.6 Å². The molecule has 2 rings (SSSR count). The van der Waals surface area contributed by atoms with Gasteiger partial charge in [-0.15, -0.1) is 0 Å². The lowest BCUT2D eigenvalue weighted by Crippen LogP contribution is -2.50. The van der Waals surface area contributed by atoms with E-state index in [0.717, 1.165) is 12.2 Å². The van der Waals surface area contributed by atoms with Crippen molar-refractivity contribution in [3.8, 4) is 5.75 Å². The van der Waals surface area contributed by atoms with Gasteiger partial charge in [-0.3, -0.25) is 9.59 Å². The fourth-order valence-corrected chi connectivity index (χ4v) is 1.95. The molecule has 2 N–H and O–H groups in total. The summed E-state index contributed by atoms with van der Waals surface area (Å²) in [7, 11) is 0. The molecule has 1 aliphatic rings. The van der Waals surface area contributed by atoms with Crippen LogP contribution in [0.1, 0.15) is 19.3 Å². The summed E-state index contributed by atoms with van der Waals surface area (Å²) in [4.78, 5) is 23.1. The minimum atomic E-state index is -0.391. The van der Waals surface area contributed by atoms with Crippen molar-refractivity contribution in [2.45, 2.75) is 25.3 Å². The number of hydrogen-bond donors (Lipinski definition) is 2. The lowest BCUT2D eigenvalue weighted by molar-refractivity contribution is -0.130. The number of hydrogen-bond acceptors (Lipinski definition) is 3. The Labute approximate surface area is 112 Å². The molecular weight excluding hydrogens is 244 g/mol. The zero-order chi connectivity index (χ0) is 13.5. The number of para-hydroxylation sites is 1. The standard InChI is InChI=1S/C14H18N2O3/c17-13(16-12-7-4-9-15-14(12)18)8-10-19-11-5-2-1-3-6-11/h1-3,5-6,12H,4,7-10H2,(H,15,18)(H,16,17). The van der Waals surface area contributed by atoms with Crippen LogP contribution in [-0.4, -0.2) is 31.0 Å². The molecule has 5 nitrogen and oxygen atoms in total. The van der Waals surface area contributed by atoms with Crippen LogP contribution in [0.2, 0.25) is 0 Å². The van der Waals surface area contributed by atoms with Crippen LogP contribution in [-0.2, 0) is 9.59 Å². The number of rotatable bonds is 5. The molecule has 0 saturated carbocycles. The highest BCUT2D eigenvalue weighted by Crippen LogP contribution is 2.08. The Kier molecular flexibility index (Phi) is 4.78. The number of benzene rings is 1. The number of nitrogens with one attached hydrogen (secondary N) is 2. The van der Waals surface area contributed by atoms with Crippen LogP contribution >= 0.6 is 0 Å². The van der Waals surface area contributed by atoms with Gasteiger partial charge in [-0.25, -0.2) is 0 Å². The molecule has 1 atom stereocenters. The normalized spacial score (nSPS) is 18.5. The Morgan fingerprint density at radius 2 is 2.16 bits per heavy atom. The molecule has 19 heavy (non-hydrogen) atoms. The van der Waals surface area contributed by atoms with Gasteiger partial charge in [-0.2, -0.15) is 0 Å². The zero-order valence-corrected chi connectivity index (χ0v) is 10.7. The number of amides is 2. The molecule has 1 heterocycles. The first-order valence-electron chi connectivity index (χ1n) is 6.50. The van der Waals surface area contributed by atoms with Crippen molar-refractivity contribution in [2.75, 3.05) is 13.2 Å². The van der Waals surface area contributed by atoms with Gasteiger partial charge in [-0.1, -0.05) is 18.2 Å². The number of piperidine rings is 1. The average Bonchev–Trinajstić information content (AvgIpc) is 2.43. The molecule has 0 radical (unpaired) electrons. The molecular formula is C14H18N2O3. The predicted octanol–water partition coefficient (Wildman–Crippen LogP) is 0.850. The molecule has 1 aromatic carbocycles. The summed E-state index contributed by atoms with van der Waals surface area (Å²) in [6.07, 6.45) is 1.85. The van der Waals surface area contributed by atoms with Gasteiger partial charge in [0.25, 0.3) is 0 Å². The van der Waals surface area contributed by atoms with Crippen LogP contribution in [0.4, 0.5) is 0 Å². The molecule has 1 aromatic rings. The quantitative estimate of drug-likeness (QED) is 0.826. The summed E-state index contributed by atoms with van der Waals surface area (Å²) < 4.78 is 5.43. The third-order valence-electron chi connectivity index (χ3n) is 2.96. The van der Waals surface area contributed by atoms with E-state index < -0.39 is 6.04 Å². The second-order valence-electron chi connectivity index (χ2n) is 4.46. The van der Waals surface area contributed by atoms with Crippen LogP contribution in [0.15, 0.2) is 30.3 Å². The van der Waals surface area contributed by atoms with Crippen molar-refractivity contribution in [2.24, 2.45) is 0 Å².